The third kappa shape index (κ3) is 36.6. The molecule has 0 aliphatic carbocycles. The molecule has 7 N–H and O–H groups in total. The van der Waals surface area contributed by atoms with Crippen LogP contribution in [-0.2, 0) is 28.9 Å². The van der Waals surface area contributed by atoms with Crippen LogP contribution in [0.4, 0.5) is 0 Å². The lowest BCUT2D eigenvalue weighted by Crippen LogP contribution is -2.61. The Morgan fingerprint density at radius 3 is 1.39 bits per heavy atom. The number of ether oxygens (including phenoxy) is 2. The molecule has 404 valence electrons. The highest BCUT2D eigenvalue weighted by atomic mass is 32.3. The van der Waals surface area contributed by atoms with Crippen LogP contribution in [0.3, 0.4) is 0 Å². The summed E-state index contributed by atoms with van der Waals surface area (Å²) in [6.45, 7) is 3.22. The minimum Gasteiger partial charge on any atom is -0.394 e. The number of hydrogen-bond donors (Lipinski definition) is 7. The molecular formula is C55H101NO12S. The molecule has 8 unspecified atom stereocenters. The monoisotopic (exact) mass is 1000 g/mol. The highest BCUT2D eigenvalue weighted by Gasteiger charge is 2.48. The van der Waals surface area contributed by atoms with Crippen LogP contribution in [-0.4, -0.2) is 107 Å². The van der Waals surface area contributed by atoms with Crippen LogP contribution in [0.15, 0.2) is 48.6 Å². The van der Waals surface area contributed by atoms with Gasteiger partial charge in [0.1, 0.15) is 30.5 Å². The molecule has 14 heteroatoms. The molecule has 1 aliphatic heterocycles. The van der Waals surface area contributed by atoms with E-state index in [1.807, 2.05) is 0 Å². The molecule has 1 heterocycles. The van der Waals surface area contributed by atoms with Crippen molar-refractivity contribution < 1.29 is 57.0 Å². The molecule has 0 spiro atoms. The summed E-state index contributed by atoms with van der Waals surface area (Å²) in [5.74, 6) is -0.720. The summed E-state index contributed by atoms with van der Waals surface area (Å²) in [5.41, 5.74) is 0. The van der Waals surface area contributed by atoms with E-state index in [1.165, 1.54) is 134 Å². The molecule has 8 atom stereocenters. The lowest BCUT2D eigenvalue weighted by molar-refractivity contribution is -0.298. The van der Waals surface area contributed by atoms with Crippen LogP contribution >= 0.6 is 0 Å². The number of unbranched alkanes of at least 4 members (excludes halogenated alkanes) is 28. The van der Waals surface area contributed by atoms with Crippen molar-refractivity contribution in [2.75, 3.05) is 13.2 Å². The van der Waals surface area contributed by atoms with Gasteiger partial charge in [0.05, 0.1) is 25.4 Å². The highest BCUT2D eigenvalue weighted by Crippen LogP contribution is 2.26. The Kier molecular flexibility index (Phi) is 42.1. The minimum absolute atomic E-state index is 0.226. The van der Waals surface area contributed by atoms with Crippen molar-refractivity contribution in [2.45, 2.75) is 281 Å². The molecule has 0 bridgehead atoms. The van der Waals surface area contributed by atoms with Gasteiger partial charge in [0, 0.05) is 0 Å². The van der Waals surface area contributed by atoms with Gasteiger partial charge in [-0.1, -0.05) is 210 Å². The van der Waals surface area contributed by atoms with Crippen molar-refractivity contribution in [2.24, 2.45) is 0 Å². The first kappa shape index (κ1) is 65.0. The maximum atomic E-state index is 13.2. The van der Waals surface area contributed by atoms with Crippen LogP contribution in [0.5, 0.6) is 0 Å². The smallest absolute Gasteiger partial charge is 0.394 e. The second kappa shape index (κ2) is 44.7. The number of rotatable bonds is 47. The SMILES string of the molecule is CCCCCCCCCCC/C=C\CCCCCCCCC(O)C(=O)NC(COC1OC(CO)C(O)C(OS(=O)(=O)O)C1O)C(O)/C=C/CC/C=C/CC/C=C/CCCCCCCCCCCCC. The lowest BCUT2D eigenvalue weighted by Gasteiger charge is -2.41. The first-order valence-corrected chi connectivity index (χ1v) is 29.0. The number of carbonyl (C=O) groups excluding carboxylic acids is 1. The second-order valence-electron chi connectivity index (χ2n) is 19.3. The molecule has 1 rings (SSSR count). The largest absolute Gasteiger partial charge is 0.397 e. The minimum atomic E-state index is -5.13. The maximum absolute atomic E-state index is 13.2. The average Bonchev–Trinajstić information content (AvgIpc) is 3.32. The van der Waals surface area contributed by atoms with E-state index in [4.69, 9.17) is 9.47 Å². The van der Waals surface area contributed by atoms with E-state index in [2.05, 4.69) is 59.8 Å². The van der Waals surface area contributed by atoms with Crippen molar-refractivity contribution >= 4 is 16.3 Å². The van der Waals surface area contributed by atoms with Crippen molar-refractivity contribution in [3.63, 3.8) is 0 Å². The average molecular weight is 1000 g/mol. The molecule has 0 aromatic rings. The number of aliphatic hydroxyl groups is 5. The molecule has 69 heavy (non-hydrogen) atoms. The topological polar surface area (TPSA) is 212 Å². The number of aliphatic hydroxyl groups excluding tert-OH is 5. The van der Waals surface area contributed by atoms with Gasteiger partial charge in [0.2, 0.25) is 5.91 Å². The van der Waals surface area contributed by atoms with Crippen molar-refractivity contribution in [3.05, 3.63) is 48.6 Å². The summed E-state index contributed by atoms with van der Waals surface area (Å²) in [6.07, 6.45) is 44.7. The van der Waals surface area contributed by atoms with Crippen LogP contribution < -0.4 is 5.32 Å². The van der Waals surface area contributed by atoms with E-state index in [9.17, 15) is 43.3 Å². The first-order valence-electron chi connectivity index (χ1n) is 27.6. The fraction of sp³-hybridized carbons (Fsp3) is 0.836. The number of allylic oxidation sites excluding steroid dienone is 7. The van der Waals surface area contributed by atoms with Gasteiger partial charge < -0.3 is 40.3 Å². The molecule has 0 saturated carbocycles. The van der Waals surface area contributed by atoms with Crippen LogP contribution in [0.1, 0.15) is 232 Å². The van der Waals surface area contributed by atoms with Gasteiger partial charge >= 0.3 is 10.4 Å². The van der Waals surface area contributed by atoms with Gasteiger partial charge in [0.25, 0.3) is 0 Å². The van der Waals surface area contributed by atoms with E-state index >= 15 is 0 Å². The Morgan fingerprint density at radius 2 is 0.971 bits per heavy atom. The number of amides is 1. The molecule has 0 aromatic carbocycles. The Morgan fingerprint density at radius 1 is 0.580 bits per heavy atom. The predicted octanol–water partition coefficient (Wildman–Crippen LogP) is 11.4. The van der Waals surface area contributed by atoms with Crippen molar-refractivity contribution in [1.82, 2.24) is 5.32 Å². The summed E-state index contributed by atoms with van der Waals surface area (Å²) >= 11 is 0. The second-order valence-corrected chi connectivity index (χ2v) is 20.3. The van der Waals surface area contributed by atoms with Gasteiger partial charge in [-0.2, -0.15) is 8.42 Å². The molecule has 1 aliphatic rings. The van der Waals surface area contributed by atoms with Gasteiger partial charge in [-0.3, -0.25) is 9.35 Å². The molecule has 1 saturated heterocycles. The van der Waals surface area contributed by atoms with Crippen LogP contribution in [0.25, 0.3) is 0 Å². The van der Waals surface area contributed by atoms with Crippen LogP contribution in [0.2, 0.25) is 0 Å². The zero-order valence-electron chi connectivity index (χ0n) is 43.2. The summed E-state index contributed by atoms with van der Waals surface area (Å²) in [5, 5.41) is 55.4. The maximum Gasteiger partial charge on any atom is 0.397 e. The highest BCUT2D eigenvalue weighted by molar-refractivity contribution is 7.80. The standard InChI is InChI=1S/C55H101NO12S/c1-3-5-7-9-11-13-15-17-19-21-23-24-26-27-29-31-33-35-37-39-41-43-48(58)47(46-66-55-52(61)53(68-69(63,64)65)51(60)50(45-57)67-55)56-54(62)49(59)44-42-40-38-36-34-32-30-28-25-22-20-18-16-14-12-10-8-6-4-2/h25-28,33,35,41,43,47-53,55,57-61H,3-24,29-32,34,36-40,42,44-46H2,1-2H3,(H,56,62)(H,63,64,65)/b27-26+,28-25-,35-33+,43-41+. The van der Waals surface area contributed by atoms with E-state index in [0.717, 1.165) is 70.6 Å². The fourth-order valence-corrected chi connectivity index (χ4v) is 9.06. The van der Waals surface area contributed by atoms with Gasteiger partial charge in [-0.15, -0.1) is 0 Å². The van der Waals surface area contributed by atoms with Crippen molar-refractivity contribution in [3.8, 4) is 0 Å². The summed E-state index contributed by atoms with van der Waals surface area (Å²) < 4.78 is 47.7. The molecular weight excluding hydrogens is 899 g/mol. The molecule has 13 nitrogen and oxygen atoms in total. The summed E-state index contributed by atoms with van der Waals surface area (Å²) in [6, 6.07) is -1.15. The zero-order chi connectivity index (χ0) is 50.6. The van der Waals surface area contributed by atoms with Gasteiger partial charge in [0.15, 0.2) is 6.29 Å². The molecule has 0 aromatic heterocycles. The zero-order valence-corrected chi connectivity index (χ0v) is 44.1. The van der Waals surface area contributed by atoms with Gasteiger partial charge in [-0.05, 0) is 70.6 Å². The fourth-order valence-electron chi connectivity index (χ4n) is 8.55. The molecule has 1 amide bonds. The Labute approximate surface area is 420 Å². The quantitative estimate of drug-likeness (QED) is 0.0172. The van der Waals surface area contributed by atoms with Crippen LogP contribution in [0, 0.1) is 0 Å². The Bertz CT molecular complexity index is 1420. The van der Waals surface area contributed by atoms with E-state index in [1.54, 1.807) is 6.08 Å². The molecule has 1 fully saturated rings. The molecule has 0 radical (unpaired) electrons. The number of nitrogens with one attached hydrogen (secondary N) is 1. The van der Waals surface area contributed by atoms with E-state index in [0.29, 0.717) is 12.8 Å². The Balaban J connectivity index is 2.52. The lowest BCUT2D eigenvalue weighted by atomic mass is 9.99. The Hall–Kier alpha value is -1.98. The van der Waals surface area contributed by atoms with Gasteiger partial charge in [-0.25, -0.2) is 4.18 Å². The summed E-state index contributed by atoms with van der Waals surface area (Å²) in [4.78, 5) is 13.2. The number of carbonyl (C=O) groups is 1. The third-order valence-electron chi connectivity index (χ3n) is 12.9. The van der Waals surface area contributed by atoms with Crippen molar-refractivity contribution in [1.29, 1.82) is 0 Å². The first-order chi connectivity index (χ1) is 33.4. The predicted molar refractivity (Wildman–Crippen MR) is 279 cm³/mol. The van der Waals surface area contributed by atoms with E-state index < -0.39 is 78.5 Å². The summed E-state index contributed by atoms with van der Waals surface area (Å²) in [7, 11) is -5.13. The van der Waals surface area contributed by atoms with E-state index in [-0.39, 0.29) is 6.42 Å². The normalized spacial score (nSPS) is 20.5. The third-order valence-corrected chi connectivity index (χ3v) is 13.4. The number of hydrogen-bond acceptors (Lipinski definition) is 11.